The number of hydrogen-bond acceptors (Lipinski definition) is 6. The fourth-order valence-corrected chi connectivity index (χ4v) is 3.93. The molecule has 9 heteroatoms. The number of methoxy groups -OCH3 is 1. The van der Waals surface area contributed by atoms with Crippen LogP contribution < -0.4 is 10.6 Å². The zero-order chi connectivity index (χ0) is 24.0. The van der Waals surface area contributed by atoms with Crippen molar-refractivity contribution in [2.24, 2.45) is 0 Å². The minimum atomic E-state index is -1.51. The number of carboxylic acids is 1. The highest BCUT2D eigenvalue weighted by Gasteiger charge is 2.31. The fourth-order valence-electron chi connectivity index (χ4n) is 3.93. The maximum atomic E-state index is 12.6. The summed E-state index contributed by atoms with van der Waals surface area (Å²) < 4.78 is 10.4. The molecule has 2 aromatic rings. The number of aliphatic hydroxyl groups is 1. The Hall–Kier alpha value is -3.43. The van der Waals surface area contributed by atoms with Crippen LogP contribution in [0, 0.1) is 0 Å². The average molecular weight is 456 g/mol. The van der Waals surface area contributed by atoms with Crippen LogP contribution in [0.3, 0.4) is 0 Å². The van der Waals surface area contributed by atoms with Gasteiger partial charge in [-0.1, -0.05) is 48.5 Å². The van der Waals surface area contributed by atoms with Gasteiger partial charge in [0.05, 0.1) is 6.10 Å². The standard InChI is InChI=1S/C24H28N2O7/c1-14(27)21(23(29)30)26-22(28)20(11-12-32-2)25-24(31)33-13-19-17-9-5-3-7-15(17)16-8-4-6-10-18(16)19/h3-10,14,19-21,27H,11-13H2,1-2H3,(H,25,31)(H,26,28)(H,29,30). The lowest BCUT2D eigenvalue weighted by Crippen LogP contribution is -2.55. The van der Waals surface area contributed by atoms with Gasteiger partial charge in [0.2, 0.25) is 5.91 Å². The van der Waals surface area contributed by atoms with Gasteiger partial charge in [-0.15, -0.1) is 0 Å². The molecular formula is C24H28N2O7. The number of fused-ring (bicyclic) bond motifs is 3. The number of benzene rings is 2. The smallest absolute Gasteiger partial charge is 0.407 e. The van der Waals surface area contributed by atoms with Crippen LogP contribution in [0.4, 0.5) is 4.79 Å². The molecule has 3 unspecified atom stereocenters. The average Bonchev–Trinajstić information content (AvgIpc) is 3.12. The summed E-state index contributed by atoms with van der Waals surface area (Å²) in [5.41, 5.74) is 4.30. The Balaban J connectivity index is 1.66. The molecule has 33 heavy (non-hydrogen) atoms. The first-order valence-corrected chi connectivity index (χ1v) is 10.6. The van der Waals surface area contributed by atoms with Crippen LogP contribution in [-0.2, 0) is 19.1 Å². The maximum absolute atomic E-state index is 12.6. The van der Waals surface area contributed by atoms with Gasteiger partial charge < -0.3 is 30.3 Å². The van der Waals surface area contributed by atoms with Crippen LogP contribution in [0.1, 0.15) is 30.4 Å². The third-order valence-corrected chi connectivity index (χ3v) is 5.61. The molecule has 0 aromatic heterocycles. The quantitative estimate of drug-likeness (QED) is 0.429. The first kappa shape index (κ1) is 24.2. The lowest BCUT2D eigenvalue weighted by atomic mass is 9.98. The van der Waals surface area contributed by atoms with Crippen LogP contribution in [0.25, 0.3) is 11.1 Å². The minimum absolute atomic E-state index is 0.0733. The molecule has 0 fully saturated rings. The third-order valence-electron chi connectivity index (χ3n) is 5.61. The minimum Gasteiger partial charge on any atom is -0.480 e. The number of amides is 2. The van der Waals surface area contributed by atoms with E-state index in [1.807, 2.05) is 48.5 Å². The molecule has 176 valence electrons. The van der Waals surface area contributed by atoms with Crippen LogP contribution in [0.5, 0.6) is 0 Å². The number of carbonyl (C=O) groups excluding carboxylic acids is 2. The maximum Gasteiger partial charge on any atom is 0.407 e. The van der Waals surface area contributed by atoms with E-state index in [4.69, 9.17) is 9.47 Å². The molecule has 1 aliphatic rings. The SMILES string of the molecule is COCCC(NC(=O)OCC1c2ccccc2-c2ccccc21)C(=O)NC(C(=O)O)C(C)O. The van der Waals surface area contributed by atoms with Crippen molar-refractivity contribution in [2.45, 2.75) is 37.5 Å². The summed E-state index contributed by atoms with van der Waals surface area (Å²) in [7, 11) is 1.44. The predicted octanol–water partition coefficient (Wildman–Crippen LogP) is 1.88. The second kappa shape index (κ2) is 10.9. The van der Waals surface area contributed by atoms with Gasteiger partial charge in [0.15, 0.2) is 6.04 Å². The number of hydrogen-bond donors (Lipinski definition) is 4. The zero-order valence-corrected chi connectivity index (χ0v) is 18.5. The number of carboxylic acid groups (broad SMARTS) is 1. The van der Waals surface area contributed by atoms with Gasteiger partial charge in [-0.05, 0) is 29.2 Å². The lowest BCUT2D eigenvalue weighted by Gasteiger charge is -2.23. The Kier molecular flexibility index (Phi) is 8.02. The van der Waals surface area contributed by atoms with Crippen molar-refractivity contribution in [3.05, 3.63) is 59.7 Å². The highest BCUT2D eigenvalue weighted by Crippen LogP contribution is 2.44. The molecule has 0 aliphatic heterocycles. The van der Waals surface area contributed by atoms with Gasteiger partial charge in [0, 0.05) is 26.1 Å². The molecule has 4 N–H and O–H groups in total. The fraction of sp³-hybridized carbons (Fsp3) is 0.375. The normalized spacial score (nSPS) is 15.0. The molecule has 3 atom stereocenters. The summed E-state index contributed by atoms with van der Waals surface area (Å²) >= 11 is 0. The number of ether oxygens (including phenoxy) is 2. The molecule has 0 bridgehead atoms. The van der Waals surface area contributed by atoms with Crippen LogP contribution in [-0.4, -0.2) is 66.7 Å². The van der Waals surface area contributed by atoms with Crippen molar-refractivity contribution in [2.75, 3.05) is 20.3 Å². The summed E-state index contributed by atoms with van der Waals surface area (Å²) in [6, 6.07) is 13.2. The topological polar surface area (TPSA) is 134 Å². The van der Waals surface area contributed by atoms with E-state index in [0.717, 1.165) is 22.3 Å². The first-order valence-electron chi connectivity index (χ1n) is 10.6. The van der Waals surface area contributed by atoms with Crippen molar-refractivity contribution in [3.8, 4) is 11.1 Å². The summed E-state index contributed by atoms with van der Waals surface area (Å²) in [4.78, 5) is 36.4. The summed E-state index contributed by atoms with van der Waals surface area (Å²) in [6.07, 6.45) is -2.03. The van der Waals surface area contributed by atoms with Gasteiger partial charge in [-0.25, -0.2) is 9.59 Å². The highest BCUT2D eigenvalue weighted by molar-refractivity contribution is 5.89. The molecule has 2 amide bonds. The Bertz CT molecular complexity index is 962. The van der Waals surface area contributed by atoms with Crippen LogP contribution >= 0.6 is 0 Å². The van der Waals surface area contributed by atoms with E-state index in [9.17, 15) is 24.6 Å². The van der Waals surface area contributed by atoms with E-state index in [1.54, 1.807) is 0 Å². The second-order valence-corrected chi connectivity index (χ2v) is 7.87. The Labute approximate surface area is 191 Å². The Morgan fingerprint density at radius 1 is 1.00 bits per heavy atom. The number of aliphatic hydroxyl groups excluding tert-OH is 1. The monoisotopic (exact) mass is 456 g/mol. The zero-order valence-electron chi connectivity index (χ0n) is 18.5. The molecule has 9 nitrogen and oxygen atoms in total. The summed E-state index contributed by atoms with van der Waals surface area (Å²) in [5.74, 6) is -2.28. The number of aliphatic carboxylic acids is 1. The molecule has 1 aliphatic carbocycles. The first-order chi connectivity index (χ1) is 15.8. The van der Waals surface area contributed by atoms with Gasteiger partial charge in [-0.3, -0.25) is 4.79 Å². The molecule has 0 spiro atoms. The molecule has 2 aromatic carbocycles. The Morgan fingerprint density at radius 3 is 2.09 bits per heavy atom. The van der Waals surface area contributed by atoms with Gasteiger partial charge in [-0.2, -0.15) is 0 Å². The van der Waals surface area contributed by atoms with E-state index in [0.29, 0.717) is 0 Å². The van der Waals surface area contributed by atoms with Gasteiger partial charge >= 0.3 is 12.1 Å². The Morgan fingerprint density at radius 2 is 1.58 bits per heavy atom. The van der Waals surface area contributed by atoms with Crippen molar-refractivity contribution in [1.29, 1.82) is 0 Å². The molecule has 0 radical (unpaired) electrons. The predicted molar refractivity (Wildman–Crippen MR) is 120 cm³/mol. The molecule has 0 saturated carbocycles. The second-order valence-electron chi connectivity index (χ2n) is 7.87. The van der Waals surface area contributed by atoms with E-state index >= 15 is 0 Å². The van der Waals surface area contributed by atoms with Crippen molar-refractivity contribution in [1.82, 2.24) is 10.6 Å². The van der Waals surface area contributed by atoms with Crippen LogP contribution in [0.2, 0.25) is 0 Å². The van der Waals surface area contributed by atoms with E-state index in [2.05, 4.69) is 10.6 Å². The molecule has 0 saturated heterocycles. The van der Waals surface area contributed by atoms with E-state index < -0.39 is 36.2 Å². The van der Waals surface area contributed by atoms with Gasteiger partial charge in [0.1, 0.15) is 12.6 Å². The number of alkyl carbamates (subject to hydrolysis) is 1. The van der Waals surface area contributed by atoms with Crippen molar-refractivity contribution < 1.29 is 34.1 Å². The van der Waals surface area contributed by atoms with Gasteiger partial charge in [0.25, 0.3) is 0 Å². The molecule has 3 rings (SSSR count). The molecule has 0 heterocycles. The number of nitrogens with one attached hydrogen (secondary N) is 2. The van der Waals surface area contributed by atoms with E-state index in [-0.39, 0.29) is 25.6 Å². The largest absolute Gasteiger partial charge is 0.480 e. The third kappa shape index (κ3) is 5.68. The lowest BCUT2D eigenvalue weighted by molar-refractivity contribution is -0.145. The summed E-state index contributed by atoms with van der Waals surface area (Å²) in [5, 5.41) is 23.5. The summed E-state index contributed by atoms with van der Waals surface area (Å²) in [6.45, 7) is 1.47. The number of rotatable bonds is 10. The molecular weight excluding hydrogens is 428 g/mol. The highest BCUT2D eigenvalue weighted by atomic mass is 16.5. The van der Waals surface area contributed by atoms with Crippen LogP contribution in [0.15, 0.2) is 48.5 Å². The van der Waals surface area contributed by atoms with Crippen molar-refractivity contribution in [3.63, 3.8) is 0 Å². The number of carbonyl (C=O) groups is 3. The van der Waals surface area contributed by atoms with E-state index in [1.165, 1.54) is 14.0 Å². The van der Waals surface area contributed by atoms with Crippen molar-refractivity contribution >= 4 is 18.0 Å².